The summed E-state index contributed by atoms with van der Waals surface area (Å²) in [5, 5.41) is 0. The topological polar surface area (TPSA) is 217 Å². The molecule has 0 spiro atoms. The SMILES string of the molecule is N.[H+].[O-][Cl+3]([O-])([O-])O.[O-][Cl+3]([O-])([O-])[O-]. The maximum Gasteiger partial charge on any atom is 1.00 e. The van der Waals surface area contributed by atoms with E-state index in [1.807, 2.05) is 0 Å². The summed E-state index contributed by atoms with van der Waals surface area (Å²) in [6, 6.07) is 0. The van der Waals surface area contributed by atoms with Gasteiger partial charge in [0.1, 0.15) is 0 Å². The summed E-state index contributed by atoms with van der Waals surface area (Å²) < 4.78 is 66.7. The Morgan fingerprint density at radius 3 is 0.818 bits per heavy atom. The van der Waals surface area contributed by atoms with E-state index in [1.165, 1.54) is 0 Å². The Kier molecular flexibility index (Phi) is 9.17. The minimum absolute atomic E-state index is 0. The lowest BCUT2D eigenvalue weighted by Crippen LogP contribution is -2.68. The molecule has 0 saturated heterocycles. The molecule has 0 aromatic rings. The Morgan fingerprint density at radius 1 is 0.818 bits per heavy atom. The predicted molar refractivity (Wildman–Crippen MR) is 8.35 cm³/mol. The van der Waals surface area contributed by atoms with Crippen molar-refractivity contribution in [3.63, 3.8) is 0 Å². The Balaban J connectivity index is -0.0000000457. The lowest BCUT2D eigenvalue weighted by molar-refractivity contribution is -2.00. The van der Waals surface area contributed by atoms with Crippen molar-refractivity contribution in [3.05, 3.63) is 0 Å². The molecule has 0 radical (unpaired) electrons. The molecule has 0 aromatic heterocycles. The van der Waals surface area contributed by atoms with Crippen LogP contribution < -0.4 is 38.8 Å². The highest BCUT2D eigenvalue weighted by Gasteiger charge is 1.98. The van der Waals surface area contributed by atoms with E-state index in [0.29, 0.717) is 0 Å². The zero-order valence-electron chi connectivity index (χ0n) is 5.77. The van der Waals surface area contributed by atoms with Gasteiger partial charge in [-0.05, 0) is 0 Å². The first kappa shape index (κ1) is 17.3. The second kappa shape index (κ2) is 5.82. The molecule has 0 bridgehead atoms. The van der Waals surface area contributed by atoms with Crippen molar-refractivity contribution in [2.45, 2.75) is 0 Å². The van der Waals surface area contributed by atoms with E-state index in [-0.39, 0.29) is 7.58 Å². The van der Waals surface area contributed by atoms with Crippen molar-refractivity contribution in [1.29, 1.82) is 0 Å². The van der Waals surface area contributed by atoms with Crippen LogP contribution in [-0.4, -0.2) is 4.66 Å². The average molecular weight is 218 g/mol. The minimum Gasteiger partial charge on any atom is -0.344 e. The summed E-state index contributed by atoms with van der Waals surface area (Å²) >= 11 is 0. The van der Waals surface area contributed by atoms with Crippen LogP contribution in [0.25, 0.3) is 0 Å². The predicted octanol–water partition coefficient (Wildman–Crippen LogP) is -8.61. The van der Waals surface area contributed by atoms with Gasteiger partial charge in [0.15, 0.2) is 0 Å². The van der Waals surface area contributed by atoms with Crippen LogP contribution in [0, 0.1) is 20.5 Å². The normalized spacial score (nSPS) is 10.9. The molecule has 11 heavy (non-hydrogen) atoms. The summed E-state index contributed by atoms with van der Waals surface area (Å²) in [5.41, 5.74) is 0. The van der Waals surface area contributed by atoms with Crippen molar-refractivity contribution < 1.29 is 59.2 Å². The van der Waals surface area contributed by atoms with E-state index in [9.17, 15) is 0 Å². The molecule has 0 rings (SSSR count). The Bertz CT molecular complexity index is 60.0. The molecule has 0 aliphatic heterocycles. The first-order valence-corrected chi connectivity index (χ1v) is 3.75. The van der Waals surface area contributed by atoms with Gasteiger partial charge in [-0.25, -0.2) is 18.6 Å². The molecular weight excluding hydrogens is 213 g/mol. The van der Waals surface area contributed by atoms with Crippen LogP contribution in [0.15, 0.2) is 0 Å². The van der Waals surface area contributed by atoms with E-state index in [2.05, 4.69) is 0 Å². The van der Waals surface area contributed by atoms with Gasteiger partial charge in [0.25, 0.3) is 0 Å². The van der Waals surface area contributed by atoms with Crippen LogP contribution in [-0.2, 0) is 0 Å². The van der Waals surface area contributed by atoms with E-state index in [0.717, 1.165) is 0 Å². The van der Waals surface area contributed by atoms with Gasteiger partial charge in [-0.2, -0.15) is 14.0 Å². The highest BCUT2D eigenvalue weighted by atomic mass is 35.7. The van der Waals surface area contributed by atoms with E-state index in [4.69, 9.17) is 37.3 Å². The molecule has 0 fully saturated rings. The third-order valence-corrected chi connectivity index (χ3v) is 0. The molecule has 0 unspecified atom stereocenters. The van der Waals surface area contributed by atoms with Crippen LogP contribution in [0.1, 0.15) is 1.43 Å². The second-order valence-corrected chi connectivity index (χ2v) is 2.32. The van der Waals surface area contributed by atoms with Gasteiger partial charge >= 0.3 is 1.43 Å². The van der Waals surface area contributed by atoms with Gasteiger partial charge < -0.3 is 6.15 Å². The quantitative estimate of drug-likeness (QED) is 0.393. The smallest absolute Gasteiger partial charge is 0.344 e. The van der Waals surface area contributed by atoms with Gasteiger partial charge in [0, 0.05) is 0 Å². The number of hydrogen-bond acceptors (Lipinski definition) is 9. The fourth-order valence-corrected chi connectivity index (χ4v) is 0. The summed E-state index contributed by atoms with van der Waals surface area (Å²) in [4.78, 5) is 0. The highest BCUT2D eigenvalue weighted by Crippen LogP contribution is 1.60. The van der Waals surface area contributed by atoms with Crippen molar-refractivity contribution in [2.75, 3.05) is 0 Å². The van der Waals surface area contributed by atoms with Crippen LogP contribution in [0.4, 0.5) is 0 Å². The van der Waals surface area contributed by atoms with Gasteiger partial charge in [0.05, 0.1) is 14.9 Å². The van der Waals surface area contributed by atoms with Gasteiger partial charge in [0.2, 0.25) is 0 Å². The van der Waals surface area contributed by atoms with Gasteiger partial charge in [-0.1, -0.05) is 0 Å². The van der Waals surface area contributed by atoms with Crippen LogP contribution in [0.3, 0.4) is 0 Å². The van der Waals surface area contributed by atoms with Crippen molar-refractivity contribution in [1.82, 2.24) is 6.15 Å². The molecule has 72 valence electrons. The Morgan fingerprint density at radius 2 is 0.818 bits per heavy atom. The van der Waals surface area contributed by atoms with Crippen LogP contribution in [0.2, 0.25) is 0 Å². The number of rotatable bonds is 0. The molecule has 0 aromatic carbocycles. The summed E-state index contributed by atoms with van der Waals surface area (Å²) in [5.74, 6) is 0. The summed E-state index contributed by atoms with van der Waals surface area (Å²) in [6.45, 7) is 0. The Hall–Kier alpha value is 0.220. The summed E-state index contributed by atoms with van der Waals surface area (Å²) in [6.07, 6.45) is 0. The van der Waals surface area contributed by atoms with Crippen LogP contribution >= 0.6 is 0 Å². The van der Waals surface area contributed by atoms with Crippen molar-refractivity contribution in [3.8, 4) is 0 Å². The van der Waals surface area contributed by atoms with Crippen molar-refractivity contribution >= 4 is 0 Å². The average Bonchev–Trinajstić information content (AvgIpc) is 1.12. The van der Waals surface area contributed by atoms with Gasteiger partial charge in [-0.15, -0.1) is 10.2 Å². The monoisotopic (exact) mass is 217 g/mol. The molecule has 0 heterocycles. The van der Waals surface area contributed by atoms with Crippen molar-refractivity contribution in [2.24, 2.45) is 0 Å². The lowest BCUT2D eigenvalue weighted by Gasteiger charge is -2.17. The fraction of sp³-hybridized carbons (Fsp3) is 0. The fourth-order valence-electron chi connectivity index (χ4n) is 0. The molecule has 0 amide bonds. The van der Waals surface area contributed by atoms with E-state index in [1.54, 1.807) is 0 Å². The maximum atomic E-state index is 8.60. The lowest BCUT2D eigenvalue weighted by atomic mass is 14.0. The first-order chi connectivity index (χ1) is 4.00. The number of halogens is 2. The molecule has 11 heteroatoms. The van der Waals surface area contributed by atoms with E-state index < -0.39 is 20.5 Å². The molecular formula is H5Cl2NO8. The molecule has 0 saturated carbocycles. The molecule has 9 nitrogen and oxygen atoms in total. The first-order valence-electron chi connectivity index (χ1n) is 1.25. The second-order valence-electron chi connectivity index (χ2n) is 0.774. The molecule has 4 N–H and O–H groups in total. The zero-order chi connectivity index (χ0) is 9.00. The van der Waals surface area contributed by atoms with Crippen LogP contribution in [0.5, 0.6) is 0 Å². The Labute approximate surface area is 66.3 Å². The van der Waals surface area contributed by atoms with E-state index >= 15 is 0 Å². The third kappa shape index (κ3) is 14300. The van der Waals surface area contributed by atoms with Gasteiger partial charge in [-0.3, -0.25) is 0 Å². The number of hydrogen-bond donors (Lipinski definition) is 2. The molecule has 0 aliphatic rings. The third-order valence-electron chi connectivity index (χ3n) is 0. The molecule has 0 atom stereocenters. The maximum absolute atomic E-state index is 8.60. The standard InChI is InChI=1S/2ClHO4.H3N/c2*2-1(3,4)5;/h2*(H,2,3,4,5);1H3. The highest BCUT2D eigenvalue weighted by molar-refractivity contribution is 2.15. The largest absolute Gasteiger partial charge is 1.00 e. The minimum atomic E-state index is -4.94. The summed E-state index contributed by atoms with van der Waals surface area (Å²) in [7, 11) is -9.64. The molecule has 0 aliphatic carbocycles. The zero-order valence-corrected chi connectivity index (χ0v) is 6.28.